The van der Waals surface area contributed by atoms with Crippen LogP contribution >= 0.6 is 0 Å². The largest absolute Gasteiger partial charge is 0.481 e. The maximum Gasteiger partial charge on any atom is 0.312 e. The lowest BCUT2D eigenvalue weighted by Crippen LogP contribution is -2.71. The number of nitrogens with zero attached hydrogens (tertiary/aromatic N) is 3. The zero-order valence-electron chi connectivity index (χ0n) is 21.1. The van der Waals surface area contributed by atoms with Crippen LogP contribution in [0.5, 0.6) is 0 Å². The van der Waals surface area contributed by atoms with Gasteiger partial charge >= 0.3 is 11.9 Å². The number of aldehydes is 1. The highest BCUT2D eigenvalue weighted by molar-refractivity contribution is 5.90. The molecule has 37 heavy (non-hydrogen) atoms. The Bertz CT molecular complexity index is 1280. The molecule has 3 N–H and O–H groups in total. The quantitative estimate of drug-likeness (QED) is 0.349. The van der Waals surface area contributed by atoms with E-state index in [0.717, 1.165) is 5.56 Å². The van der Waals surface area contributed by atoms with Gasteiger partial charge in [-0.1, -0.05) is 49.4 Å². The fraction of sp³-hybridized carbons (Fsp3) is 0.444. The topological polar surface area (TPSA) is 146 Å². The molecule has 1 fully saturated rings. The smallest absolute Gasteiger partial charge is 0.312 e. The maximum absolute atomic E-state index is 13.3. The van der Waals surface area contributed by atoms with Crippen LogP contribution in [0.1, 0.15) is 43.7 Å². The third-order valence-electron chi connectivity index (χ3n) is 8.14. The molecule has 0 amide bonds. The van der Waals surface area contributed by atoms with Gasteiger partial charge in [0.1, 0.15) is 17.3 Å². The first-order valence-corrected chi connectivity index (χ1v) is 12.3. The number of aliphatic carboxylic acids is 2. The van der Waals surface area contributed by atoms with Gasteiger partial charge in [-0.15, -0.1) is 0 Å². The number of benzene rings is 2. The van der Waals surface area contributed by atoms with Crippen LogP contribution in [0.4, 0.5) is 0 Å². The van der Waals surface area contributed by atoms with Crippen LogP contribution in [0, 0.1) is 10.8 Å². The summed E-state index contributed by atoms with van der Waals surface area (Å²) in [6.45, 7) is 4.35. The summed E-state index contributed by atoms with van der Waals surface area (Å²) in [4.78, 5) is 40.7. The van der Waals surface area contributed by atoms with Gasteiger partial charge in [-0.3, -0.25) is 9.59 Å². The molecule has 3 aromatic rings. The van der Waals surface area contributed by atoms with Gasteiger partial charge < -0.3 is 25.2 Å². The van der Waals surface area contributed by atoms with Crippen LogP contribution in [0.15, 0.2) is 53.2 Å². The molecule has 1 aromatic heterocycles. The molecule has 5 atom stereocenters. The van der Waals surface area contributed by atoms with Crippen molar-refractivity contribution in [2.24, 2.45) is 10.8 Å². The SMILES string of the molecule is CCC1(C(=O)O)C(C=O)NC(C)C(CCN(C)Cc2ccccc2)(C(=O)O)C1c1cccc2nonc12. The second-order valence-corrected chi connectivity index (χ2v) is 9.93. The number of fused-ring (bicyclic) bond motifs is 1. The van der Waals surface area contributed by atoms with E-state index in [0.29, 0.717) is 36.0 Å². The Morgan fingerprint density at radius 3 is 2.41 bits per heavy atom. The Hall–Kier alpha value is -3.63. The van der Waals surface area contributed by atoms with Crippen molar-refractivity contribution < 1.29 is 29.2 Å². The number of carbonyl (C=O) groups excluding carboxylic acids is 1. The van der Waals surface area contributed by atoms with Gasteiger partial charge in [0.2, 0.25) is 0 Å². The first kappa shape index (κ1) is 26.4. The van der Waals surface area contributed by atoms with Crippen molar-refractivity contribution >= 4 is 29.3 Å². The van der Waals surface area contributed by atoms with Gasteiger partial charge in [0, 0.05) is 18.5 Å². The van der Waals surface area contributed by atoms with Crippen molar-refractivity contribution in [3.8, 4) is 0 Å². The molecular formula is C27H32N4O6. The van der Waals surface area contributed by atoms with Crippen LogP contribution in [0.3, 0.4) is 0 Å². The Kier molecular flexibility index (Phi) is 7.42. The summed E-state index contributed by atoms with van der Waals surface area (Å²) >= 11 is 0. The van der Waals surface area contributed by atoms with Crippen molar-refractivity contribution in [3.05, 3.63) is 59.7 Å². The average Bonchev–Trinajstić information content (AvgIpc) is 3.37. The zero-order valence-corrected chi connectivity index (χ0v) is 21.1. The molecule has 10 heteroatoms. The summed E-state index contributed by atoms with van der Waals surface area (Å²) < 4.78 is 4.94. The summed E-state index contributed by atoms with van der Waals surface area (Å²) in [5, 5.41) is 32.5. The highest BCUT2D eigenvalue weighted by atomic mass is 16.6. The third kappa shape index (κ3) is 4.30. The lowest BCUT2D eigenvalue weighted by molar-refractivity contribution is -0.175. The van der Waals surface area contributed by atoms with Crippen molar-refractivity contribution in [3.63, 3.8) is 0 Å². The summed E-state index contributed by atoms with van der Waals surface area (Å²) in [5.41, 5.74) is -1.18. The lowest BCUT2D eigenvalue weighted by atomic mass is 9.49. The van der Waals surface area contributed by atoms with Crippen molar-refractivity contribution in [1.82, 2.24) is 20.5 Å². The van der Waals surface area contributed by atoms with Crippen LogP contribution < -0.4 is 5.32 Å². The normalized spacial score (nSPS) is 27.8. The minimum Gasteiger partial charge on any atom is -0.481 e. The van der Waals surface area contributed by atoms with Gasteiger partial charge in [0.05, 0.1) is 16.9 Å². The monoisotopic (exact) mass is 508 g/mol. The molecule has 0 saturated carbocycles. The molecule has 0 spiro atoms. The Balaban J connectivity index is 1.88. The number of piperidine rings is 1. The van der Waals surface area contributed by atoms with Crippen LogP contribution in [0.2, 0.25) is 0 Å². The fourth-order valence-corrected chi connectivity index (χ4v) is 6.19. The average molecular weight is 509 g/mol. The van der Waals surface area contributed by atoms with E-state index in [1.54, 1.807) is 32.0 Å². The van der Waals surface area contributed by atoms with Crippen LogP contribution in [0.25, 0.3) is 11.0 Å². The van der Waals surface area contributed by atoms with Gasteiger partial charge in [-0.05, 0) is 60.9 Å². The van der Waals surface area contributed by atoms with Crippen LogP contribution in [-0.4, -0.2) is 69.3 Å². The maximum atomic E-state index is 13.3. The first-order valence-electron chi connectivity index (χ1n) is 12.3. The highest BCUT2D eigenvalue weighted by Gasteiger charge is 2.67. The summed E-state index contributed by atoms with van der Waals surface area (Å²) in [5.74, 6) is -3.48. The van der Waals surface area contributed by atoms with Crippen molar-refractivity contribution in [2.75, 3.05) is 13.6 Å². The molecule has 1 aliphatic rings. The standard InChI is InChI=1S/C27H32N4O6/c1-4-26(24(33)34)21(16-32)28-17(2)27(25(35)36,13-14-31(3)15-18-9-6-5-7-10-18)23(26)19-11-8-12-20-22(19)30-37-29-20/h5-12,16-17,21,23,28H,4,13-15H2,1-3H3,(H,33,34)(H,35,36). The van der Waals surface area contributed by atoms with Gasteiger partial charge in [0.15, 0.2) is 0 Å². The zero-order chi connectivity index (χ0) is 26.8. The van der Waals surface area contributed by atoms with E-state index in [4.69, 9.17) is 4.63 Å². The van der Waals surface area contributed by atoms with Crippen LogP contribution in [-0.2, 0) is 20.9 Å². The number of carboxylic acids is 2. The predicted molar refractivity (Wildman–Crippen MR) is 135 cm³/mol. The molecule has 0 bridgehead atoms. The van der Waals surface area contributed by atoms with E-state index in [1.165, 1.54) is 0 Å². The molecule has 1 saturated heterocycles. The van der Waals surface area contributed by atoms with Crippen molar-refractivity contribution in [2.45, 2.75) is 51.2 Å². The highest BCUT2D eigenvalue weighted by Crippen LogP contribution is 2.59. The second kappa shape index (κ2) is 10.4. The lowest BCUT2D eigenvalue weighted by Gasteiger charge is -2.56. The molecule has 0 radical (unpaired) electrons. The molecular weight excluding hydrogens is 476 g/mol. The molecule has 2 heterocycles. The minimum absolute atomic E-state index is 0.0205. The molecule has 0 aliphatic carbocycles. The number of hydrogen-bond acceptors (Lipinski definition) is 8. The molecule has 4 rings (SSSR count). The Labute approximate surface area is 214 Å². The summed E-state index contributed by atoms with van der Waals surface area (Å²) in [7, 11) is 1.90. The number of carboxylic acid groups (broad SMARTS) is 2. The van der Waals surface area contributed by atoms with Gasteiger partial charge in [-0.25, -0.2) is 4.63 Å². The molecule has 1 aliphatic heterocycles. The Morgan fingerprint density at radius 2 is 1.78 bits per heavy atom. The van der Waals surface area contributed by atoms with E-state index in [1.807, 2.05) is 42.3 Å². The molecule has 196 valence electrons. The summed E-state index contributed by atoms with van der Waals surface area (Å²) in [6, 6.07) is 13.0. The number of nitrogens with one attached hydrogen (secondary N) is 1. The second-order valence-electron chi connectivity index (χ2n) is 9.93. The third-order valence-corrected chi connectivity index (χ3v) is 8.14. The van der Waals surface area contributed by atoms with E-state index in [-0.39, 0.29) is 12.8 Å². The number of rotatable bonds is 10. The van der Waals surface area contributed by atoms with E-state index < -0.39 is 40.8 Å². The summed E-state index contributed by atoms with van der Waals surface area (Å²) in [6.07, 6.45) is 0.731. The first-order chi connectivity index (χ1) is 17.7. The van der Waals surface area contributed by atoms with E-state index >= 15 is 0 Å². The number of hydrogen-bond donors (Lipinski definition) is 3. The molecule has 5 unspecified atom stereocenters. The predicted octanol–water partition coefficient (Wildman–Crippen LogP) is 2.94. The van der Waals surface area contributed by atoms with Gasteiger partial charge in [-0.2, -0.15) is 0 Å². The Morgan fingerprint density at radius 1 is 1.08 bits per heavy atom. The van der Waals surface area contributed by atoms with E-state index in [9.17, 15) is 24.6 Å². The molecule has 2 aromatic carbocycles. The fourth-order valence-electron chi connectivity index (χ4n) is 6.19. The minimum atomic E-state index is -1.75. The number of aromatic nitrogens is 2. The number of carbonyl (C=O) groups is 3. The van der Waals surface area contributed by atoms with Crippen molar-refractivity contribution in [1.29, 1.82) is 0 Å². The van der Waals surface area contributed by atoms with E-state index in [2.05, 4.69) is 15.6 Å². The van der Waals surface area contributed by atoms with Gasteiger partial charge in [0.25, 0.3) is 0 Å². The molecule has 10 nitrogen and oxygen atoms in total.